The van der Waals surface area contributed by atoms with Crippen LogP contribution in [0.5, 0.6) is 0 Å². The number of hydrogen-bond donors (Lipinski definition) is 3. The summed E-state index contributed by atoms with van der Waals surface area (Å²) in [7, 11) is -1.34. The number of benzene rings is 4. The van der Waals surface area contributed by atoms with Crippen LogP contribution in [0.2, 0.25) is 0 Å². The zero-order valence-electron chi connectivity index (χ0n) is 15.3. The Labute approximate surface area is 164 Å². The summed E-state index contributed by atoms with van der Waals surface area (Å²) < 4.78 is 0. The Morgan fingerprint density at radius 2 is 1.18 bits per heavy atom. The van der Waals surface area contributed by atoms with E-state index in [4.69, 9.17) is 10.0 Å². The molecule has 0 spiro atoms. The lowest BCUT2D eigenvalue weighted by molar-refractivity contribution is 0.426. The molecule has 1 heterocycles. The number of hydrogen-bond acceptors (Lipinski definition) is 2. The van der Waals surface area contributed by atoms with E-state index in [1.165, 1.54) is 32.9 Å². The van der Waals surface area contributed by atoms with Gasteiger partial charge in [0.2, 0.25) is 0 Å². The second-order valence-corrected chi connectivity index (χ2v) is 6.55. The first-order valence-electron chi connectivity index (χ1n) is 9.20. The van der Waals surface area contributed by atoms with Gasteiger partial charge in [-0.2, -0.15) is 0 Å². The second kappa shape index (κ2) is 8.13. The Hall–Kier alpha value is -3.34. The second-order valence-electron chi connectivity index (χ2n) is 6.55. The van der Waals surface area contributed by atoms with Crippen molar-refractivity contribution in [3.8, 4) is 11.1 Å². The molecule has 0 aliphatic rings. The molecule has 0 saturated carbocycles. The van der Waals surface area contributed by atoms with Crippen LogP contribution < -0.4 is 5.46 Å². The number of fused-ring (bicyclic) bond motifs is 3. The van der Waals surface area contributed by atoms with Crippen LogP contribution in [-0.2, 0) is 0 Å². The maximum atomic E-state index is 8.58. The predicted molar refractivity (Wildman–Crippen MR) is 118 cm³/mol. The summed E-state index contributed by atoms with van der Waals surface area (Å²) in [5.41, 5.74) is 5.45. The highest BCUT2D eigenvalue weighted by molar-refractivity contribution is 6.58. The van der Waals surface area contributed by atoms with E-state index < -0.39 is 7.12 Å². The van der Waals surface area contributed by atoms with E-state index in [1.54, 1.807) is 24.3 Å². The van der Waals surface area contributed by atoms with Crippen molar-refractivity contribution < 1.29 is 10.0 Å². The zero-order valence-corrected chi connectivity index (χ0v) is 15.3. The van der Waals surface area contributed by atoms with Gasteiger partial charge in [-0.15, -0.1) is 0 Å². The number of nitrogens with one attached hydrogen (secondary N) is 1. The molecule has 0 fully saturated rings. The summed E-state index contributed by atoms with van der Waals surface area (Å²) in [5.74, 6) is 0. The van der Waals surface area contributed by atoms with E-state index in [1.807, 2.05) is 6.07 Å². The van der Waals surface area contributed by atoms with Crippen LogP contribution in [0, 0.1) is 0 Å². The van der Waals surface area contributed by atoms with E-state index >= 15 is 0 Å². The van der Waals surface area contributed by atoms with Crippen molar-refractivity contribution >= 4 is 34.4 Å². The highest BCUT2D eigenvalue weighted by Gasteiger charge is 2.08. The average molecular weight is 365 g/mol. The molecule has 0 aliphatic heterocycles. The van der Waals surface area contributed by atoms with Gasteiger partial charge in [-0.3, -0.25) is 0 Å². The van der Waals surface area contributed by atoms with Crippen molar-refractivity contribution in [3.05, 3.63) is 103 Å². The monoisotopic (exact) mass is 365 g/mol. The first-order valence-corrected chi connectivity index (χ1v) is 9.20. The lowest BCUT2D eigenvalue weighted by Crippen LogP contribution is -2.29. The van der Waals surface area contributed by atoms with E-state index in [0.29, 0.717) is 5.46 Å². The predicted octanol–water partition coefficient (Wildman–Crippen LogP) is 4.35. The fourth-order valence-electron chi connectivity index (χ4n) is 3.36. The normalized spacial score (nSPS) is 10.5. The van der Waals surface area contributed by atoms with Crippen molar-refractivity contribution in [1.82, 2.24) is 4.98 Å². The summed E-state index contributed by atoms with van der Waals surface area (Å²) in [6, 6.07) is 34.1. The van der Waals surface area contributed by atoms with Crippen molar-refractivity contribution in [3.63, 3.8) is 0 Å². The van der Waals surface area contributed by atoms with Gasteiger partial charge in [-0.05, 0) is 17.1 Å². The van der Waals surface area contributed by atoms with Gasteiger partial charge >= 0.3 is 7.12 Å². The summed E-state index contributed by atoms with van der Waals surface area (Å²) >= 11 is 0. The largest absolute Gasteiger partial charge is 0.488 e. The van der Waals surface area contributed by atoms with Gasteiger partial charge in [0, 0.05) is 21.9 Å². The first kappa shape index (κ1) is 18.0. The standard InChI is InChI=1S/C18H13N.C6H7BO2/c1-2-7-13(8-3-1)14-10-6-11-16-15-9-4-5-12-17(15)19-18(14)16;8-7(9)6-4-2-1-3-5-6/h1-12,19H;1-5,8-9H. The number of para-hydroxylation sites is 2. The van der Waals surface area contributed by atoms with Crippen LogP contribution >= 0.6 is 0 Å². The van der Waals surface area contributed by atoms with Gasteiger partial charge in [-0.25, -0.2) is 0 Å². The molecule has 5 aromatic rings. The third-order valence-electron chi connectivity index (χ3n) is 4.72. The van der Waals surface area contributed by atoms with Crippen molar-refractivity contribution in [2.45, 2.75) is 0 Å². The molecule has 0 saturated heterocycles. The van der Waals surface area contributed by atoms with Crippen LogP contribution in [0.3, 0.4) is 0 Å². The molecule has 1 aromatic heterocycles. The molecule has 3 nitrogen and oxygen atoms in total. The van der Waals surface area contributed by atoms with Gasteiger partial charge < -0.3 is 15.0 Å². The van der Waals surface area contributed by atoms with E-state index in [2.05, 4.69) is 77.8 Å². The average Bonchev–Trinajstić information content (AvgIpc) is 3.14. The topological polar surface area (TPSA) is 56.2 Å². The van der Waals surface area contributed by atoms with Crippen LogP contribution in [0.25, 0.3) is 32.9 Å². The SMILES string of the molecule is OB(O)c1ccccc1.c1ccc(-c2cccc3c2[nH]c2ccccc23)cc1. The molecule has 4 heteroatoms. The van der Waals surface area contributed by atoms with Gasteiger partial charge in [-0.1, -0.05) is 97.1 Å². The number of aromatic amines is 1. The molecule has 136 valence electrons. The molecule has 28 heavy (non-hydrogen) atoms. The van der Waals surface area contributed by atoms with Crippen molar-refractivity contribution in [2.24, 2.45) is 0 Å². The number of aromatic nitrogens is 1. The Morgan fingerprint density at radius 1 is 0.571 bits per heavy atom. The van der Waals surface area contributed by atoms with Gasteiger partial charge in [0.15, 0.2) is 0 Å². The van der Waals surface area contributed by atoms with E-state index in [0.717, 1.165) is 0 Å². The molecule has 0 radical (unpaired) electrons. The minimum atomic E-state index is -1.34. The maximum Gasteiger partial charge on any atom is 0.488 e. The third kappa shape index (κ3) is 3.69. The van der Waals surface area contributed by atoms with Gasteiger partial charge in [0.25, 0.3) is 0 Å². The van der Waals surface area contributed by atoms with Crippen molar-refractivity contribution in [1.29, 1.82) is 0 Å². The summed E-state index contributed by atoms with van der Waals surface area (Å²) in [5, 5.41) is 19.7. The summed E-state index contributed by atoms with van der Waals surface area (Å²) in [6.45, 7) is 0. The molecule has 4 aromatic carbocycles. The molecule has 0 atom stereocenters. The Morgan fingerprint density at radius 3 is 1.86 bits per heavy atom. The molecule has 0 bridgehead atoms. The Bertz CT molecular complexity index is 1180. The Balaban J connectivity index is 0.000000181. The zero-order chi connectivity index (χ0) is 19.3. The molecular weight excluding hydrogens is 345 g/mol. The highest BCUT2D eigenvalue weighted by Crippen LogP contribution is 2.32. The molecule has 3 N–H and O–H groups in total. The lowest BCUT2D eigenvalue weighted by Gasteiger charge is -2.03. The fraction of sp³-hybridized carbons (Fsp3) is 0. The molecule has 0 unspecified atom stereocenters. The Kier molecular flexibility index (Phi) is 5.24. The van der Waals surface area contributed by atoms with Crippen LogP contribution in [0.1, 0.15) is 0 Å². The number of rotatable bonds is 2. The number of H-pyrrole nitrogens is 1. The first-order chi connectivity index (χ1) is 13.7. The van der Waals surface area contributed by atoms with E-state index in [-0.39, 0.29) is 0 Å². The van der Waals surface area contributed by atoms with Gasteiger partial charge in [0.05, 0.1) is 5.52 Å². The minimum Gasteiger partial charge on any atom is -0.423 e. The summed E-state index contributed by atoms with van der Waals surface area (Å²) in [6.07, 6.45) is 0. The molecular formula is C24H20BNO2. The molecule has 0 aliphatic carbocycles. The summed E-state index contributed by atoms with van der Waals surface area (Å²) in [4.78, 5) is 3.55. The van der Waals surface area contributed by atoms with E-state index in [9.17, 15) is 0 Å². The van der Waals surface area contributed by atoms with Crippen molar-refractivity contribution in [2.75, 3.05) is 0 Å². The third-order valence-corrected chi connectivity index (χ3v) is 4.72. The highest BCUT2D eigenvalue weighted by atomic mass is 16.4. The smallest absolute Gasteiger partial charge is 0.423 e. The fourth-order valence-corrected chi connectivity index (χ4v) is 3.36. The molecule has 5 rings (SSSR count). The maximum absolute atomic E-state index is 8.58. The van der Waals surface area contributed by atoms with Crippen LogP contribution in [-0.4, -0.2) is 22.2 Å². The minimum absolute atomic E-state index is 0.525. The molecule has 0 amide bonds. The quantitative estimate of drug-likeness (QED) is 0.407. The van der Waals surface area contributed by atoms with Crippen LogP contribution in [0.15, 0.2) is 103 Å². The lowest BCUT2D eigenvalue weighted by atomic mass is 9.81. The van der Waals surface area contributed by atoms with Gasteiger partial charge in [0.1, 0.15) is 0 Å². The van der Waals surface area contributed by atoms with Crippen LogP contribution in [0.4, 0.5) is 0 Å².